The molecule has 0 radical (unpaired) electrons. The first-order valence-corrected chi connectivity index (χ1v) is 7.64. The minimum absolute atomic E-state index is 0.0283. The minimum Gasteiger partial charge on any atom is -0.489 e. The normalized spacial score (nSPS) is 10.4. The fourth-order valence-electron chi connectivity index (χ4n) is 1.79. The third kappa shape index (κ3) is 4.03. The Kier molecular flexibility index (Phi) is 5.33. The summed E-state index contributed by atoms with van der Waals surface area (Å²) in [6, 6.07) is 10.3. The summed E-state index contributed by atoms with van der Waals surface area (Å²) < 4.78 is 7.19. The van der Waals surface area contributed by atoms with Crippen molar-refractivity contribution in [3.05, 3.63) is 66.6 Å². The zero-order valence-corrected chi connectivity index (χ0v) is 14.1. The number of hydrogen-bond donors (Lipinski definition) is 1. The lowest BCUT2D eigenvalue weighted by Gasteiger charge is -2.09. The molecule has 0 atom stereocenters. The Labute approximate surface area is 138 Å². The highest BCUT2D eigenvalue weighted by atomic mass is 79.9. The number of halogens is 2. The SMILES string of the molecule is NCc1cc(OCc2ccc(Br)cc2[N+](=O)[O-])ccc1Br. The first kappa shape index (κ1) is 15.9. The van der Waals surface area contributed by atoms with Gasteiger partial charge in [-0.3, -0.25) is 10.1 Å². The molecule has 0 saturated carbocycles. The monoisotopic (exact) mass is 414 g/mol. The Morgan fingerprint density at radius 3 is 2.57 bits per heavy atom. The van der Waals surface area contributed by atoms with Gasteiger partial charge in [0.1, 0.15) is 12.4 Å². The summed E-state index contributed by atoms with van der Waals surface area (Å²) in [5.41, 5.74) is 7.08. The Bertz CT molecular complexity index is 677. The predicted octanol–water partition coefficient (Wildman–Crippen LogP) is 4.16. The maximum atomic E-state index is 11.0. The highest BCUT2D eigenvalue weighted by Crippen LogP contribution is 2.26. The molecule has 0 bridgehead atoms. The average molecular weight is 416 g/mol. The van der Waals surface area contributed by atoms with Gasteiger partial charge in [0.2, 0.25) is 0 Å². The molecule has 0 fully saturated rings. The lowest BCUT2D eigenvalue weighted by atomic mass is 10.2. The summed E-state index contributed by atoms with van der Waals surface area (Å²) in [4.78, 5) is 10.6. The minimum atomic E-state index is -0.420. The summed E-state index contributed by atoms with van der Waals surface area (Å²) in [6.45, 7) is 0.505. The van der Waals surface area contributed by atoms with Crippen molar-refractivity contribution in [1.82, 2.24) is 0 Å². The highest BCUT2D eigenvalue weighted by molar-refractivity contribution is 9.10. The first-order chi connectivity index (χ1) is 10.0. The van der Waals surface area contributed by atoms with Gasteiger partial charge in [-0.1, -0.05) is 31.9 Å². The summed E-state index contributed by atoms with van der Waals surface area (Å²) in [5, 5.41) is 11.0. The Hall–Kier alpha value is -1.44. The van der Waals surface area contributed by atoms with E-state index in [1.807, 2.05) is 12.1 Å². The molecule has 21 heavy (non-hydrogen) atoms. The summed E-state index contributed by atoms with van der Waals surface area (Å²) >= 11 is 6.62. The van der Waals surface area contributed by atoms with Gasteiger partial charge in [-0.2, -0.15) is 0 Å². The van der Waals surface area contributed by atoms with E-state index >= 15 is 0 Å². The van der Waals surface area contributed by atoms with E-state index < -0.39 is 4.92 Å². The van der Waals surface area contributed by atoms with Crippen LogP contribution in [0.2, 0.25) is 0 Å². The molecule has 2 aromatic rings. The molecule has 0 saturated heterocycles. The lowest BCUT2D eigenvalue weighted by Crippen LogP contribution is -2.02. The first-order valence-electron chi connectivity index (χ1n) is 6.05. The van der Waals surface area contributed by atoms with Crippen molar-refractivity contribution >= 4 is 37.5 Å². The molecule has 2 rings (SSSR count). The molecule has 0 spiro atoms. The van der Waals surface area contributed by atoms with Gasteiger partial charge in [0.05, 0.1) is 10.5 Å². The van der Waals surface area contributed by atoms with E-state index in [0.29, 0.717) is 22.3 Å². The third-order valence-corrected chi connectivity index (χ3v) is 4.14. The maximum absolute atomic E-state index is 11.0. The second kappa shape index (κ2) is 7.02. The number of nitrogens with two attached hydrogens (primary N) is 1. The largest absolute Gasteiger partial charge is 0.489 e. The second-order valence-corrected chi connectivity index (χ2v) is 6.05. The zero-order chi connectivity index (χ0) is 15.4. The van der Waals surface area contributed by atoms with Gasteiger partial charge in [-0.15, -0.1) is 0 Å². The average Bonchev–Trinajstić information content (AvgIpc) is 2.47. The van der Waals surface area contributed by atoms with Crippen LogP contribution in [0.15, 0.2) is 45.3 Å². The molecule has 0 heterocycles. The molecule has 0 amide bonds. The number of benzene rings is 2. The van der Waals surface area contributed by atoms with Gasteiger partial charge in [-0.05, 0) is 35.9 Å². The van der Waals surface area contributed by atoms with Crippen molar-refractivity contribution in [3.8, 4) is 5.75 Å². The lowest BCUT2D eigenvalue weighted by molar-refractivity contribution is -0.385. The quantitative estimate of drug-likeness (QED) is 0.587. The summed E-state index contributed by atoms with van der Waals surface area (Å²) in [5.74, 6) is 0.621. The molecule has 5 nitrogen and oxygen atoms in total. The van der Waals surface area contributed by atoms with Crippen LogP contribution >= 0.6 is 31.9 Å². The van der Waals surface area contributed by atoms with Crippen LogP contribution in [0.4, 0.5) is 5.69 Å². The number of ether oxygens (including phenoxy) is 1. The number of hydrogen-bond acceptors (Lipinski definition) is 4. The van der Waals surface area contributed by atoms with Crippen molar-refractivity contribution in [3.63, 3.8) is 0 Å². The van der Waals surface area contributed by atoms with E-state index in [9.17, 15) is 10.1 Å². The third-order valence-electron chi connectivity index (χ3n) is 2.88. The molecule has 110 valence electrons. The van der Waals surface area contributed by atoms with E-state index in [0.717, 1.165) is 10.0 Å². The van der Waals surface area contributed by atoms with Crippen LogP contribution in [0.5, 0.6) is 5.75 Å². The molecule has 0 aliphatic rings. The van der Waals surface area contributed by atoms with Crippen LogP contribution in [-0.4, -0.2) is 4.92 Å². The maximum Gasteiger partial charge on any atom is 0.277 e. The highest BCUT2D eigenvalue weighted by Gasteiger charge is 2.14. The molecule has 0 aliphatic carbocycles. The van der Waals surface area contributed by atoms with Crippen molar-refractivity contribution in [2.45, 2.75) is 13.2 Å². The number of nitrogens with zero attached hydrogens (tertiary/aromatic N) is 1. The van der Waals surface area contributed by atoms with Gasteiger partial charge in [0.25, 0.3) is 5.69 Å². The zero-order valence-electron chi connectivity index (χ0n) is 10.9. The summed E-state index contributed by atoms with van der Waals surface area (Å²) in [7, 11) is 0. The van der Waals surface area contributed by atoms with E-state index in [1.54, 1.807) is 18.2 Å². The van der Waals surface area contributed by atoms with Crippen molar-refractivity contribution in [2.24, 2.45) is 5.73 Å². The smallest absolute Gasteiger partial charge is 0.277 e. The molecule has 2 N–H and O–H groups in total. The molecule has 0 aromatic heterocycles. The van der Waals surface area contributed by atoms with Crippen molar-refractivity contribution < 1.29 is 9.66 Å². The number of nitro benzene ring substituents is 1. The van der Waals surface area contributed by atoms with E-state index in [-0.39, 0.29) is 12.3 Å². The predicted molar refractivity (Wildman–Crippen MR) is 87.2 cm³/mol. The fourth-order valence-corrected chi connectivity index (χ4v) is 2.54. The molecule has 0 unspecified atom stereocenters. The Morgan fingerprint density at radius 1 is 1.14 bits per heavy atom. The molecule has 2 aromatic carbocycles. The molecular formula is C14H12Br2N2O3. The molecule has 0 aliphatic heterocycles. The van der Waals surface area contributed by atoms with Crippen molar-refractivity contribution in [2.75, 3.05) is 0 Å². The topological polar surface area (TPSA) is 78.4 Å². The van der Waals surface area contributed by atoms with Gasteiger partial charge < -0.3 is 10.5 Å². The van der Waals surface area contributed by atoms with Crippen LogP contribution in [0.25, 0.3) is 0 Å². The van der Waals surface area contributed by atoms with Crippen LogP contribution in [0, 0.1) is 10.1 Å². The Morgan fingerprint density at radius 2 is 1.90 bits per heavy atom. The van der Waals surface area contributed by atoms with E-state index in [2.05, 4.69) is 31.9 Å². The van der Waals surface area contributed by atoms with Crippen LogP contribution in [-0.2, 0) is 13.2 Å². The van der Waals surface area contributed by atoms with E-state index in [1.165, 1.54) is 6.07 Å². The number of rotatable bonds is 5. The number of nitro groups is 1. The molecule has 7 heteroatoms. The van der Waals surface area contributed by atoms with Gasteiger partial charge in [0.15, 0.2) is 0 Å². The standard InChI is InChI=1S/C14H12Br2N2O3/c15-11-2-1-9(14(6-11)18(19)20)8-21-12-3-4-13(16)10(5-12)7-17/h1-6H,7-8,17H2. The summed E-state index contributed by atoms with van der Waals surface area (Å²) in [6.07, 6.45) is 0. The fraction of sp³-hybridized carbons (Fsp3) is 0.143. The second-order valence-electron chi connectivity index (χ2n) is 4.28. The van der Waals surface area contributed by atoms with Gasteiger partial charge >= 0.3 is 0 Å². The van der Waals surface area contributed by atoms with Crippen LogP contribution in [0.1, 0.15) is 11.1 Å². The van der Waals surface area contributed by atoms with Crippen molar-refractivity contribution in [1.29, 1.82) is 0 Å². The van der Waals surface area contributed by atoms with Gasteiger partial charge in [0, 0.05) is 21.6 Å². The van der Waals surface area contributed by atoms with Crippen LogP contribution < -0.4 is 10.5 Å². The van der Waals surface area contributed by atoms with Crippen LogP contribution in [0.3, 0.4) is 0 Å². The van der Waals surface area contributed by atoms with Gasteiger partial charge in [-0.25, -0.2) is 0 Å². The molecular weight excluding hydrogens is 404 g/mol. The Balaban J connectivity index is 2.18. The van der Waals surface area contributed by atoms with E-state index in [4.69, 9.17) is 10.5 Å².